The third kappa shape index (κ3) is 4.98. The lowest BCUT2D eigenvalue weighted by Crippen LogP contribution is -2.02. The maximum Gasteiger partial charge on any atom is 0.0314 e. The van der Waals surface area contributed by atoms with Gasteiger partial charge in [-0.1, -0.05) is 92.9 Å². The minimum absolute atomic E-state index is 0.452. The number of anilines is 1. The molecule has 0 bridgehead atoms. The van der Waals surface area contributed by atoms with E-state index in [0.29, 0.717) is 5.92 Å². The van der Waals surface area contributed by atoms with Crippen LogP contribution in [0.2, 0.25) is 0 Å². The molecule has 3 rings (SSSR count). The molecule has 134 valence electrons. The second-order valence-electron chi connectivity index (χ2n) is 7.12. The van der Waals surface area contributed by atoms with Crippen molar-refractivity contribution in [1.29, 1.82) is 0 Å². The first-order chi connectivity index (χ1) is 12.8. The van der Waals surface area contributed by atoms with Crippen molar-refractivity contribution in [2.45, 2.75) is 44.9 Å². The summed E-state index contributed by atoms with van der Waals surface area (Å²) in [7, 11) is 0. The molecule has 1 atom stereocenters. The highest BCUT2D eigenvalue weighted by Gasteiger charge is 2.14. The van der Waals surface area contributed by atoms with E-state index in [1.807, 2.05) is 12.1 Å². The molecule has 2 N–H and O–H groups in total. The molecule has 0 saturated heterocycles. The quantitative estimate of drug-likeness (QED) is 0.363. The maximum absolute atomic E-state index is 5.88. The Balaban J connectivity index is 1.78. The summed E-state index contributed by atoms with van der Waals surface area (Å²) in [5, 5.41) is 0. The first-order valence-corrected chi connectivity index (χ1v) is 9.74. The molecule has 0 aliphatic heterocycles. The van der Waals surface area contributed by atoms with Crippen LogP contribution in [-0.2, 0) is 6.42 Å². The molecular weight excluding hydrogens is 314 g/mol. The summed E-state index contributed by atoms with van der Waals surface area (Å²) in [6.07, 6.45) is 5.98. The molecule has 0 spiro atoms. The number of benzene rings is 3. The van der Waals surface area contributed by atoms with Gasteiger partial charge in [0.25, 0.3) is 0 Å². The molecule has 1 nitrogen and oxygen atoms in total. The van der Waals surface area contributed by atoms with Gasteiger partial charge in [-0.05, 0) is 47.2 Å². The van der Waals surface area contributed by atoms with Gasteiger partial charge in [0, 0.05) is 11.6 Å². The van der Waals surface area contributed by atoms with E-state index in [1.165, 1.54) is 47.9 Å². The Kier molecular flexibility index (Phi) is 6.49. The Labute approximate surface area is 157 Å². The summed E-state index contributed by atoms with van der Waals surface area (Å²) in [5.41, 5.74) is 12.2. The summed E-state index contributed by atoms with van der Waals surface area (Å²) in [6.45, 7) is 2.26. The average Bonchev–Trinajstić information content (AvgIpc) is 2.68. The maximum atomic E-state index is 5.88. The van der Waals surface area contributed by atoms with Crippen molar-refractivity contribution in [3.05, 3.63) is 101 Å². The van der Waals surface area contributed by atoms with Gasteiger partial charge in [-0.15, -0.1) is 0 Å². The van der Waals surface area contributed by atoms with E-state index in [9.17, 15) is 0 Å². The van der Waals surface area contributed by atoms with Crippen molar-refractivity contribution < 1.29 is 0 Å². The van der Waals surface area contributed by atoms with Crippen LogP contribution in [0.1, 0.15) is 60.8 Å². The Morgan fingerprint density at radius 3 is 1.88 bits per heavy atom. The molecule has 0 aliphatic rings. The molecule has 26 heavy (non-hydrogen) atoms. The smallest absolute Gasteiger partial charge is 0.0314 e. The lowest BCUT2D eigenvalue weighted by molar-refractivity contribution is 0.618. The summed E-state index contributed by atoms with van der Waals surface area (Å²) < 4.78 is 0. The fourth-order valence-electron chi connectivity index (χ4n) is 3.55. The third-order valence-corrected chi connectivity index (χ3v) is 5.07. The highest BCUT2D eigenvalue weighted by atomic mass is 14.5. The van der Waals surface area contributed by atoms with Crippen LogP contribution in [0.3, 0.4) is 0 Å². The molecule has 0 aromatic heterocycles. The normalized spacial score (nSPS) is 12.0. The van der Waals surface area contributed by atoms with Crippen molar-refractivity contribution in [3.8, 4) is 0 Å². The number of nitrogen functional groups attached to an aromatic ring is 1. The van der Waals surface area contributed by atoms with Crippen molar-refractivity contribution >= 4 is 5.69 Å². The number of rotatable bonds is 8. The predicted octanol–water partition coefficient (Wildman–Crippen LogP) is 6.57. The van der Waals surface area contributed by atoms with Crippen molar-refractivity contribution in [1.82, 2.24) is 0 Å². The van der Waals surface area contributed by atoms with Crippen LogP contribution >= 0.6 is 0 Å². The third-order valence-electron chi connectivity index (χ3n) is 5.07. The van der Waals surface area contributed by atoms with Crippen LogP contribution in [0, 0.1) is 0 Å². The van der Waals surface area contributed by atoms with Gasteiger partial charge in [0.15, 0.2) is 0 Å². The van der Waals surface area contributed by atoms with Gasteiger partial charge in [0.1, 0.15) is 0 Å². The fourth-order valence-corrected chi connectivity index (χ4v) is 3.55. The Bertz CT molecular complexity index is 773. The summed E-state index contributed by atoms with van der Waals surface area (Å²) >= 11 is 0. The average molecular weight is 344 g/mol. The van der Waals surface area contributed by atoms with E-state index in [0.717, 1.165) is 12.1 Å². The lowest BCUT2D eigenvalue weighted by atomic mass is 9.86. The Hall–Kier alpha value is -2.54. The van der Waals surface area contributed by atoms with Gasteiger partial charge >= 0.3 is 0 Å². The summed E-state index contributed by atoms with van der Waals surface area (Å²) in [4.78, 5) is 0. The van der Waals surface area contributed by atoms with Crippen molar-refractivity contribution in [3.63, 3.8) is 0 Å². The molecule has 1 unspecified atom stereocenters. The first kappa shape index (κ1) is 18.3. The number of unbranched alkanes of at least 4 members (excludes halogenated alkanes) is 2. The highest BCUT2D eigenvalue weighted by Crippen LogP contribution is 2.31. The van der Waals surface area contributed by atoms with E-state index in [-0.39, 0.29) is 0 Å². The standard InChI is InChI=1S/C25H29N/c1-2-3-5-10-25(23-15-17-24(26)18-16-23)22-13-11-21(12-14-22)19-20-8-6-4-7-9-20/h4,6-9,11-18,25H,2-3,5,10,19,26H2,1H3. The second-order valence-corrected chi connectivity index (χ2v) is 7.12. The van der Waals surface area contributed by atoms with E-state index in [4.69, 9.17) is 5.73 Å². The van der Waals surface area contributed by atoms with Crippen LogP contribution in [-0.4, -0.2) is 0 Å². The molecule has 0 radical (unpaired) electrons. The van der Waals surface area contributed by atoms with Crippen LogP contribution in [0.15, 0.2) is 78.9 Å². The molecule has 0 saturated carbocycles. The molecule has 1 heteroatoms. The van der Waals surface area contributed by atoms with Gasteiger partial charge in [-0.2, -0.15) is 0 Å². The molecular formula is C25H29N. The molecule has 0 fully saturated rings. The zero-order chi connectivity index (χ0) is 18.2. The van der Waals surface area contributed by atoms with Crippen LogP contribution in [0.4, 0.5) is 5.69 Å². The largest absolute Gasteiger partial charge is 0.399 e. The molecule has 0 heterocycles. The van der Waals surface area contributed by atoms with Crippen LogP contribution < -0.4 is 5.73 Å². The van der Waals surface area contributed by atoms with E-state index >= 15 is 0 Å². The van der Waals surface area contributed by atoms with E-state index in [1.54, 1.807) is 0 Å². The molecule has 3 aromatic carbocycles. The van der Waals surface area contributed by atoms with Crippen molar-refractivity contribution in [2.24, 2.45) is 0 Å². The number of hydrogen-bond donors (Lipinski definition) is 1. The van der Waals surface area contributed by atoms with Gasteiger partial charge in [-0.3, -0.25) is 0 Å². The Morgan fingerprint density at radius 1 is 0.692 bits per heavy atom. The summed E-state index contributed by atoms with van der Waals surface area (Å²) in [6, 6.07) is 28.3. The summed E-state index contributed by atoms with van der Waals surface area (Å²) in [5.74, 6) is 0.452. The van der Waals surface area contributed by atoms with E-state index < -0.39 is 0 Å². The first-order valence-electron chi connectivity index (χ1n) is 9.74. The van der Waals surface area contributed by atoms with Gasteiger partial charge in [-0.25, -0.2) is 0 Å². The molecule has 0 aliphatic carbocycles. The SMILES string of the molecule is CCCCCC(c1ccc(N)cc1)c1ccc(Cc2ccccc2)cc1. The van der Waals surface area contributed by atoms with Gasteiger partial charge in [0.2, 0.25) is 0 Å². The topological polar surface area (TPSA) is 26.0 Å². The number of hydrogen-bond acceptors (Lipinski definition) is 1. The zero-order valence-corrected chi connectivity index (χ0v) is 15.7. The van der Waals surface area contributed by atoms with Crippen LogP contribution in [0.5, 0.6) is 0 Å². The van der Waals surface area contributed by atoms with Crippen molar-refractivity contribution in [2.75, 3.05) is 5.73 Å². The monoisotopic (exact) mass is 343 g/mol. The van der Waals surface area contributed by atoms with Gasteiger partial charge < -0.3 is 5.73 Å². The van der Waals surface area contributed by atoms with Gasteiger partial charge in [0.05, 0.1) is 0 Å². The lowest BCUT2D eigenvalue weighted by Gasteiger charge is -2.19. The number of nitrogens with two attached hydrogens (primary N) is 1. The zero-order valence-electron chi connectivity index (χ0n) is 15.7. The molecule has 0 amide bonds. The fraction of sp³-hybridized carbons (Fsp3) is 0.280. The minimum Gasteiger partial charge on any atom is -0.399 e. The second kappa shape index (κ2) is 9.24. The highest BCUT2D eigenvalue weighted by molar-refractivity contribution is 5.43. The predicted molar refractivity (Wildman–Crippen MR) is 113 cm³/mol. The Morgan fingerprint density at radius 2 is 1.27 bits per heavy atom. The van der Waals surface area contributed by atoms with E-state index in [2.05, 4.69) is 73.7 Å². The van der Waals surface area contributed by atoms with Crippen LogP contribution in [0.25, 0.3) is 0 Å². The minimum atomic E-state index is 0.452. The molecule has 3 aromatic rings.